The normalized spacial score (nSPS) is 11.6. The Morgan fingerprint density at radius 3 is 1.67 bits per heavy atom. The van der Waals surface area contributed by atoms with Gasteiger partial charge in [-0.05, 0) is 29.7 Å². The van der Waals surface area contributed by atoms with Crippen molar-refractivity contribution in [3.05, 3.63) is 158 Å². The molecule has 9 aromatic rings. The summed E-state index contributed by atoms with van der Waals surface area (Å²) >= 11 is 0. The Balaban J connectivity index is 1.37. The minimum atomic E-state index is 0.634. The lowest BCUT2D eigenvalue weighted by Gasteiger charge is -2.13. The molecule has 0 amide bonds. The van der Waals surface area contributed by atoms with Crippen LogP contribution in [-0.4, -0.2) is 19.5 Å². The summed E-state index contributed by atoms with van der Waals surface area (Å²) in [5, 5.41) is 5.76. The molecule has 0 bridgehead atoms. The maximum Gasteiger partial charge on any atom is 0.235 e. The molecule has 3 aromatic heterocycles. The fourth-order valence-electron chi connectivity index (χ4n) is 6.59. The molecule has 3 heterocycles. The van der Waals surface area contributed by atoms with Gasteiger partial charge in [-0.15, -0.1) is 0 Å². The summed E-state index contributed by atoms with van der Waals surface area (Å²) < 4.78 is 2.20. The lowest BCUT2D eigenvalue weighted by Crippen LogP contribution is -2.04. The molecule has 6 aromatic carbocycles. The highest BCUT2D eigenvalue weighted by Crippen LogP contribution is 2.41. The highest BCUT2D eigenvalue weighted by Gasteiger charge is 2.21. The van der Waals surface area contributed by atoms with Gasteiger partial charge in [-0.25, -0.2) is 15.0 Å². The van der Waals surface area contributed by atoms with Crippen LogP contribution in [0.25, 0.3) is 83.2 Å². The first-order valence-electron chi connectivity index (χ1n) is 15.1. The third-order valence-electron chi connectivity index (χ3n) is 8.61. The lowest BCUT2D eigenvalue weighted by molar-refractivity contribution is 0.995. The number of benzene rings is 6. The Morgan fingerprint density at radius 1 is 0.400 bits per heavy atom. The molecule has 4 nitrogen and oxygen atoms in total. The smallest absolute Gasteiger partial charge is 0.235 e. The van der Waals surface area contributed by atoms with Crippen LogP contribution >= 0.6 is 0 Å². The van der Waals surface area contributed by atoms with Gasteiger partial charge in [0.25, 0.3) is 0 Å². The minimum absolute atomic E-state index is 0.634. The first kappa shape index (κ1) is 25.4. The molecule has 0 spiro atoms. The fourth-order valence-corrected chi connectivity index (χ4v) is 6.59. The number of hydrogen-bond acceptors (Lipinski definition) is 3. The van der Waals surface area contributed by atoms with E-state index in [1.54, 1.807) is 0 Å². The molecule has 0 fully saturated rings. The third kappa shape index (κ3) is 4.11. The number of pyridine rings is 1. The van der Waals surface area contributed by atoms with E-state index < -0.39 is 0 Å². The number of aromatic nitrogens is 4. The van der Waals surface area contributed by atoms with Crippen molar-refractivity contribution in [1.82, 2.24) is 19.5 Å². The van der Waals surface area contributed by atoms with Crippen molar-refractivity contribution in [1.29, 1.82) is 0 Å². The number of nitrogens with zero attached hydrogens (tertiary/aromatic N) is 4. The highest BCUT2D eigenvalue weighted by atomic mass is 15.2. The average Bonchev–Trinajstić information content (AvgIpc) is 3.46. The minimum Gasteiger partial charge on any atom is -0.278 e. The van der Waals surface area contributed by atoms with Gasteiger partial charge >= 0.3 is 0 Å². The maximum absolute atomic E-state index is 5.28. The monoisotopic (exact) mass is 574 g/mol. The van der Waals surface area contributed by atoms with Crippen LogP contribution in [0.5, 0.6) is 0 Å². The van der Waals surface area contributed by atoms with E-state index in [1.165, 1.54) is 5.39 Å². The number of fused-ring (bicyclic) bond motifs is 6. The Kier molecular flexibility index (Phi) is 5.78. The predicted octanol–water partition coefficient (Wildman–Crippen LogP) is 10.3. The van der Waals surface area contributed by atoms with Gasteiger partial charge < -0.3 is 0 Å². The van der Waals surface area contributed by atoms with Crippen molar-refractivity contribution in [3.63, 3.8) is 0 Å². The van der Waals surface area contributed by atoms with Crippen LogP contribution in [-0.2, 0) is 0 Å². The summed E-state index contributed by atoms with van der Waals surface area (Å²) in [6.07, 6.45) is 0. The molecule has 0 N–H and O–H groups in total. The fraction of sp³-hybridized carbons (Fsp3) is 0. The summed E-state index contributed by atoms with van der Waals surface area (Å²) in [7, 11) is 0. The molecule has 0 saturated heterocycles. The van der Waals surface area contributed by atoms with Gasteiger partial charge in [0.2, 0.25) is 5.95 Å². The maximum atomic E-state index is 5.28. The van der Waals surface area contributed by atoms with Gasteiger partial charge in [-0.2, -0.15) is 0 Å². The summed E-state index contributed by atoms with van der Waals surface area (Å²) in [6.45, 7) is 0. The van der Waals surface area contributed by atoms with E-state index in [2.05, 4.69) is 126 Å². The zero-order valence-electron chi connectivity index (χ0n) is 24.3. The van der Waals surface area contributed by atoms with E-state index in [0.717, 1.165) is 71.9 Å². The number of hydrogen-bond donors (Lipinski definition) is 0. The summed E-state index contributed by atoms with van der Waals surface area (Å²) in [5.41, 5.74) is 8.99. The van der Waals surface area contributed by atoms with Crippen molar-refractivity contribution >= 4 is 43.5 Å². The summed E-state index contributed by atoms with van der Waals surface area (Å²) in [6, 6.07) is 54.7. The third-order valence-corrected chi connectivity index (χ3v) is 8.61. The lowest BCUT2D eigenvalue weighted by atomic mass is 9.97. The van der Waals surface area contributed by atoms with Crippen molar-refractivity contribution < 1.29 is 0 Å². The molecule has 45 heavy (non-hydrogen) atoms. The Bertz CT molecular complexity index is 2470. The van der Waals surface area contributed by atoms with Gasteiger partial charge in [-0.3, -0.25) is 4.57 Å². The van der Waals surface area contributed by atoms with E-state index in [1.807, 2.05) is 36.4 Å². The first-order chi connectivity index (χ1) is 22.3. The standard InChI is InChI=1S/C41H26N4/c1-3-14-27(15-4-1)35-26-36(28-16-5-2-6-17-28)44-41(43-35)45-37-24-12-10-21-32(37)39-33(22-13-25-38(39)45)40-31-20-8-7-18-29(31)30-19-9-11-23-34(30)42-40/h1-26H. The van der Waals surface area contributed by atoms with E-state index >= 15 is 0 Å². The number of para-hydroxylation sites is 2. The zero-order valence-corrected chi connectivity index (χ0v) is 24.3. The quantitative estimate of drug-likeness (QED) is 0.196. The van der Waals surface area contributed by atoms with Crippen molar-refractivity contribution in [2.45, 2.75) is 0 Å². The Hall–Kier alpha value is -6.13. The van der Waals surface area contributed by atoms with Crippen molar-refractivity contribution in [2.24, 2.45) is 0 Å². The van der Waals surface area contributed by atoms with E-state index in [0.29, 0.717) is 5.95 Å². The second-order valence-corrected chi connectivity index (χ2v) is 11.2. The highest BCUT2D eigenvalue weighted by molar-refractivity contribution is 6.19. The SMILES string of the molecule is c1ccc(-c2cc(-c3ccccc3)nc(-n3c4ccccc4c4c(-c5nc6ccccc6c6ccccc56)cccc43)n2)cc1. The van der Waals surface area contributed by atoms with Crippen LogP contribution in [0.4, 0.5) is 0 Å². The topological polar surface area (TPSA) is 43.6 Å². The van der Waals surface area contributed by atoms with Crippen LogP contribution in [0.2, 0.25) is 0 Å². The summed E-state index contributed by atoms with van der Waals surface area (Å²) in [4.78, 5) is 15.7. The molecule has 0 aliphatic heterocycles. The molecule has 4 heteroatoms. The van der Waals surface area contributed by atoms with Gasteiger partial charge in [0.15, 0.2) is 0 Å². The van der Waals surface area contributed by atoms with Crippen LogP contribution in [0.15, 0.2) is 158 Å². The van der Waals surface area contributed by atoms with Gasteiger partial charge in [0, 0.05) is 38.2 Å². The second kappa shape index (κ2) is 10.2. The van der Waals surface area contributed by atoms with Gasteiger partial charge in [0.05, 0.1) is 33.6 Å². The second-order valence-electron chi connectivity index (χ2n) is 11.2. The average molecular weight is 575 g/mol. The molecule has 0 aliphatic carbocycles. The number of rotatable bonds is 4. The molecule has 9 rings (SSSR count). The summed E-state index contributed by atoms with van der Waals surface area (Å²) in [5.74, 6) is 0.634. The molecule has 0 atom stereocenters. The van der Waals surface area contributed by atoms with Crippen molar-refractivity contribution in [2.75, 3.05) is 0 Å². The van der Waals surface area contributed by atoms with E-state index in [9.17, 15) is 0 Å². The van der Waals surface area contributed by atoms with Crippen LogP contribution in [0, 0.1) is 0 Å². The van der Waals surface area contributed by atoms with Crippen LogP contribution < -0.4 is 0 Å². The zero-order chi connectivity index (χ0) is 29.7. The molecule has 0 radical (unpaired) electrons. The Labute approximate surface area is 259 Å². The first-order valence-corrected chi connectivity index (χ1v) is 15.1. The predicted molar refractivity (Wildman–Crippen MR) is 185 cm³/mol. The van der Waals surface area contributed by atoms with Crippen LogP contribution in [0.3, 0.4) is 0 Å². The van der Waals surface area contributed by atoms with E-state index in [-0.39, 0.29) is 0 Å². The van der Waals surface area contributed by atoms with Gasteiger partial charge in [-0.1, -0.05) is 133 Å². The molecule has 0 saturated carbocycles. The van der Waals surface area contributed by atoms with E-state index in [4.69, 9.17) is 15.0 Å². The van der Waals surface area contributed by atoms with Gasteiger partial charge in [0.1, 0.15) is 0 Å². The molecule has 0 aliphatic rings. The van der Waals surface area contributed by atoms with Crippen molar-refractivity contribution in [3.8, 4) is 39.7 Å². The molecule has 210 valence electrons. The molecular formula is C41H26N4. The molecule has 0 unspecified atom stereocenters. The molecular weight excluding hydrogens is 548 g/mol. The Morgan fingerprint density at radius 2 is 0.956 bits per heavy atom. The largest absolute Gasteiger partial charge is 0.278 e. The van der Waals surface area contributed by atoms with Crippen LogP contribution in [0.1, 0.15) is 0 Å².